The number of halogens is 3. The van der Waals surface area contributed by atoms with Crippen LogP contribution in [0, 0.1) is 0 Å². The quantitative estimate of drug-likeness (QED) is 0.591. The van der Waals surface area contributed by atoms with Crippen LogP contribution < -0.4 is 20.1 Å². The van der Waals surface area contributed by atoms with Gasteiger partial charge in [-0.3, -0.25) is 4.99 Å². The molecule has 0 saturated heterocycles. The van der Waals surface area contributed by atoms with E-state index in [1.165, 1.54) is 32.4 Å². The second kappa shape index (κ2) is 9.54. The summed E-state index contributed by atoms with van der Waals surface area (Å²) in [7, 11) is 3.11. The lowest BCUT2D eigenvalue weighted by Crippen LogP contribution is -2.43. The monoisotopic (exact) mass is 373 g/mol. The number of guanidine groups is 1. The van der Waals surface area contributed by atoms with Crippen molar-refractivity contribution < 1.29 is 22.6 Å². The van der Waals surface area contributed by atoms with Gasteiger partial charge in [0.1, 0.15) is 0 Å². The summed E-state index contributed by atoms with van der Waals surface area (Å²) >= 11 is 0. The topological polar surface area (TPSA) is 54.9 Å². The maximum atomic E-state index is 12.3. The number of benzene rings is 1. The van der Waals surface area contributed by atoms with E-state index in [2.05, 4.69) is 15.6 Å². The van der Waals surface area contributed by atoms with Crippen molar-refractivity contribution in [2.24, 2.45) is 4.99 Å². The molecule has 1 fully saturated rings. The van der Waals surface area contributed by atoms with E-state index in [0.717, 1.165) is 18.4 Å². The van der Waals surface area contributed by atoms with Crippen LogP contribution in [0.25, 0.3) is 0 Å². The summed E-state index contributed by atoms with van der Waals surface area (Å²) in [4.78, 5) is 4.23. The molecule has 0 radical (unpaired) electrons. The fourth-order valence-corrected chi connectivity index (χ4v) is 2.92. The zero-order valence-corrected chi connectivity index (χ0v) is 15.2. The molecule has 0 heterocycles. The first kappa shape index (κ1) is 20.2. The van der Waals surface area contributed by atoms with Crippen LogP contribution in [0.5, 0.6) is 11.5 Å². The molecule has 26 heavy (non-hydrogen) atoms. The molecular formula is C18H26F3N3O2. The molecule has 5 nitrogen and oxygen atoms in total. The van der Waals surface area contributed by atoms with Crippen LogP contribution in [0.4, 0.5) is 13.2 Å². The molecule has 2 N–H and O–H groups in total. The van der Waals surface area contributed by atoms with Gasteiger partial charge in [0, 0.05) is 19.6 Å². The Bertz CT molecular complexity index is 600. The van der Waals surface area contributed by atoms with Crippen molar-refractivity contribution in [3.63, 3.8) is 0 Å². The second-order valence-corrected chi connectivity index (χ2v) is 6.29. The first-order chi connectivity index (χ1) is 12.4. The number of alkyl halides is 3. The molecule has 146 valence electrons. The molecule has 2 rings (SSSR count). The summed E-state index contributed by atoms with van der Waals surface area (Å²) in [6, 6.07) is 5.28. The fraction of sp³-hybridized carbons (Fsp3) is 0.611. The van der Waals surface area contributed by atoms with E-state index in [1.807, 2.05) is 0 Å². The number of methoxy groups -OCH3 is 1. The molecule has 0 bridgehead atoms. The molecule has 0 aliphatic heterocycles. The highest BCUT2D eigenvalue weighted by Gasteiger charge is 2.29. The summed E-state index contributed by atoms with van der Waals surface area (Å²) in [5.74, 6) is 1.05. The van der Waals surface area contributed by atoms with Gasteiger partial charge in [0.2, 0.25) is 0 Å². The van der Waals surface area contributed by atoms with Gasteiger partial charge in [-0.15, -0.1) is 0 Å². The summed E-state index contributed by atoms with van der Waals surface area (Å²) in [6.07, 6.45) is 1.63. The Kier molecular flexibility index (Phi) is 7.41. The van der Waals surface area contributed by atoms with Crippen molar-refractivity contribution in [3.05, 3.63) is 23.8 Å². The van der Waals surface area contributed by atoms with E-state index >= 15 is 0 Å². The average Bonchev–Trinajstić information content (AvgIpc) is 2.63. The summed E-state index contributed by atoms with van der Waals surface area (Å²) in [5.41, 5.74) is 0.854. The molecule has 1 saturated carbocycles. The summed E-state index contributed by atoms with van der Waals surface area (Å²) < 4.78 is 46.8. The third-order valence-corrected chi connectivity index (χ3v) is 4.25. The van der Waals surface area contributed by atoms with Crippen molar-refractivity contribution >= 4 is 5.96 Å². The lowest BCUT2D eigenvalue weighted by Gasteiger charge is -2.25. The van der Waals surface area contributed by atoms with E-state index in [1.54, 1.807) is 19.2 Å². The highest BCUT2D eigenvalue weighted by molar-refractivity contribution is 5.80. The van der Waals surface area contributed by atoms with Crippen molar-refractivity contribution in [2.45, 2.75) is 50.9 Å². The number of rotatable bonds is 6. The third-order valence-electron chi connectivity index (χ3n) is 4.25. The van der Waals surface area contributed by atoms with E-state index in [4.69, 9.17) is 9.47 Å². The Balaban J connectivity index is 1.91. The van der Waals surface area contributed by atoms with Crippen LogP contribution in [0.1, 0.15) is 37.7 Å². The van der Waals surface area contributed by atoms with Gasteiger partial charge in [-0.25, -0.2) is 0 Å². The smallest absolute Gasteiger partial charge is 0.422 e. The highest BCUT2D eigenvalue weighted by Crippen LogP contribution is 2.29. The standard InChI is InChI=1S/C18H26F3N3O2/c1-22-17(24-14-6-4-3-5-7-14)23-11-13-8-9-15(16(10-13)25-2)26-12-18(19,20)21/h8-10,14H,3-7,11-12H2,1-2H3,(H2,22,23,24). The number of hydrogen-bond acceptors (Lipinski definition) is 3. The SMILES string of the molecule is CN=C(NCc1ccc(OCC(F)(F)F)c(OC)c1)NC1CCCCC1. The van der Waals surface area contributed by atoms with E-state index in [0.29, 0.717) is 18.5 Å². The minimum absolute atomic E-state index is 0.0679. The Morgan fingerprint density at radius 3 is 2.54 bits per heavy atom. The third kappa shape index (κ3) is 6.65. The second-order valence-electron chi connectivity index (χ2n) is 6.29. The minimum Gasteiger partial charge on any atom is -0.493 e. The predicted molar refractivity (Wildman–Crippen MR) is 94.8 cm³/mol. The van der Waals surface area contributed by atoms with Gasteiger partial charge in [-0.05, 0) is 30.5 Å². The number of hydrogen-bond donors (Lipinski definition) is 2. The number of nitrogens with zero attached hydrogens (tertiary/aromatic N) is 1. The molecule has 1 aliphatic rings. The molecule has 8 heteroatoms. The summed E-state index contributed by atoms with van der Waals surface area (Å²) in [5, 5.41) is 6.63. The number of aliphatic imine (C=N–C) groups is 1. The maximum absolute atomic E-state index is 12.3. The van der Waals surface area contributed by atoms with Crippen LogP contribution in [-0.2, 0) is 6.54 Å². The minimum atomic E-state index is -4.39. The van der Waals surface area contributed by atoms with Gasteiger partial charge in [0.05, 0.1) is 7.11 Å². The van der Waals surface area contributed by atoms with Crippen LogP contribution in [-0.4, -0.2) is 38.9 Å². The van der Waals surface area contributed by atoms with Crippen molar-refractivity contribution in [3.8, 4) is 11.5 Å². The Labute approximate surface area is 152 Å². The van der Waals surface area contributed by atoms with E-state index < -0.39 is 12.8 Å². The average molecular weight is 373 g/mol. The van der Waals surface area contributed by atoms with E-state index in [9.17, 15) is 13.2 Å². The largest absolute Gasteiger partial charge is 0.493 e. The summed E-state index contributed by atoms with van der Waals surface area (Å²) in [6.45, 7) is -0.874. The fourth-order valence-electron chi connectivity index (χ4n) is 2.92. The van der Waals surface area contributed by atoms with Crippen molar-refractivity contribution in [2.75, 3.05) is 20.8 Å². The van der Waals surface area contributed by atoms with Crippen molar-refractivity contribution in [1.82, 2.24) is 10.6 Å². The Morgan fingerprint density at radius 1 is 1.19 bits per heavy atom. The zero-order valence-electron chi connectivity index (χ0n) is 15.2. The molecular weight excluding hydrogens is 347 g/mol. The van der Waals surface area contributed by atoms with Gasteiger partial charge >= 0.3 is 6.18 Å². The molecule has 0 amide bonds. The van der Waals surface area contributed by atoms with Crippen LogP contribution in [0.2, 0.25) is 0 Å². The van der Waals surface area contributed by atoms with Crippen molar-refractivity contribution in [1.29, 1.82) is 0 Å². The van der Waals surface area contributed by atoms with Gasteiger partial charge < -0.3 is 20.1 Å². The number of nitrogens with one attached hydrogen (secondary N) is 2. The van der Waals surface area contributed by atoms with Gasteiger partial charge in [0.25, 0.3) is 0 Å². The Morgan fingerprint density at radius 2 is 1.92 bits per heavy atom. The van der Waals surface area contributed by atoms with Gasteiger partial charge in [-0.1, -0.05) is 25.3 Å². The lowest BCUT2D eigenvalue weighted by molar-refractivity contribution is -0.153. The first-order valence-electron chi connectivity index (χ1n) is 8.75. The molecule has 1 aromatic carbocycles. The molecule has 0 unspecified atom stereocenters. The van der Waals surface area contributed by atoms with Crippen LogP contribution in [0.15, 0.2) is 23.2 Å². The maximum Gasteiger partial charge on any atom is 0.422 e. The molecule has 0 atom stereocenters. The van der Waals surface area contributed by atoms with Crippen LogP contribution >= 0.6 is 0 Å². The lowest BCUT2D eigenvalue weighted by atomic mass is 9.96. The molecule has 0 spiro atoms. The normalized spacial score (nSPS) is 16.3. The van der Waals surface area contributed by atoms with Gasteiger partial charge in [-0.2, -0.15) is 13.2 Å². The van der Waals surface area contributed by atoms with Crippen LogP contribution in [0.3, 0.4) is 0 Å². The van der Waals surface area contributed by atoms with Gasteiger partial charge in [0.15, 0.2) is 24.1 Å². The zero-order chi connectivity index (χ0) is 19.0. The highest BCUT2D eigenvalue weighted by atomic mass is 19.4. The number of ether oxygens (including phenoxy) is 2. The first-order valence-corrected chi connectivity index (χ1v) is 8.75. The van der Waals surface area contributed by atoms with E-state index in [-0.39, 0.29) is 11.5 Å². The molecule has 1 aromatic rings. The Hall–Kier alpha value is -2.12. The predicted octanol–water partition coefficient (Wildman–Crippen LogP) is 3.63. The molecule has 0 aromatic heterocycles. The molecule has 1 aliphatic carbocycles.